The zero-order valence-corrected chi connectivity index (χ0v) is 17.7. The van der Waals surface area contributed by atoms with Crippen molar-refractivity contribution in [3.63, 3.8) is 0 Å². The summed E-state index contributed by atoms with van der Waals surface area (Å²) in [5.74, 6) is -2.60. The molecule has 2 amide bonds. The molecule has 1 N–H and O–H groups in total. The summed E-state index contributed by atoms with van der Waals surface area (Å²) in [7, 11) is 1.26. The predicted octanol–water partition coefficient (Wildman–Crippen LogP) is 5.01. The lowest BCUT2D eigenvalue weighted by Crippen LogP contribution is -2.30. The molecule has 2 aromatic carbocycles. The molecule has 1 unspecified atom stereocenters. The van der Waals surface area contributed by atoms with Gasteiger partial charge in [-0.2, -0.15) is 0 Å². The zero-order valence-electron chi connectivity index (χ0n) is 16.9. The number of thiophene rings is 1. The first-order valence-electron chi connectivity index (χ1n) is 9.85. The molecule has 9 heteroatoms. The minimum absolute atomic E-state index is 0.0355. The molecule has 0 aliphatic carbocycles. The highest BCUT2D eigenvalue weighted by atomic mass is 32.1. The second-order valence-electron chi connectivity index (χ2n) is 7.42. The van der Waals surface area contributed by atoms with Crippen LogP contribution in [-0.4, -0.2) is 31.9 Å². The number of carbonyl (C=O) groups excluding carboxylic acids is 2. The Bertz CT molecular complexity index is 1290. The Morgan fingerprint density at radius 1 is 1.22 bits per heavy atom. The summed E-state index contributed by atoms with van der Waals surface area (Å²) in [6.45, 7) is 0.139. The number of ether oxygens (including phenoxy) is 1. The number of halogens is 2. The van der Waals surface area contributed by atoms with Gasteiger partial charge in [-0.3, -0.25) is 9.89 Å². The van der Waals surface area contributed by atoms with Crippen molar-refractivity contribution in [3.8, 4) is 11.1 Å². The van der Waals surface area contributed by atoms with E-state index in [9.17, 15) is 9.59 Å². The van der Waals surface area contributed by atoms with Gasteiger partial charge in [0.1, 0.15) is 4.88 Å². The normalized spacial score (nSPS) is 16.9. The van der Waals surface area contributed by atoms with E-state index in [1.54, 1.807) is 23.7 Å². The highest BCUT2D eigenvalue weighted by molar-refractivity contribution is 7.12. The standard InChI is InChI=1S/C23H17F2N3O3S/c1-31-22(29)19-8-13(11-32-19)15-4-5-16(21(25)20(15)24)18-10-27-23(30)28(18)14-3-2-12-6-7-26-17(12)9-14/h2-5,7-9,11,18H,6,10H2,1H3,(H,27,30). The molecule has 1 aromatic heterocycles. The van der Waals surface area contributed by atoms with Crippen molar-refractivity contribution in [2.45, 2.75) is 12.5 Å². The number of nitrogens with one attached hydrogen (secondary N) is 1. The highest BCUT2D eigenvalue weighted by Gasteiger charge is 2.36. The van der Waals surface area contributed by atoms with Crippen molar-refractivity contribution in [1.29, 1.82) is 0 Å². The average molecular weight is 453 g/mol. The lowest BCUT2D eigenvalue weighted by molar-refractivity contribution is 0.0606. The van der Waals surface area contributed by atoms with Crippen molar-refractivity contribution in [2.24, 2.45) is 4.99 Å². The van der Waals surface area contributed by atoms with Gasteiger partial charge in [0.2, 0.25) is 0 Å². The fourth-order valence-corrected chi connectivity index (χ4v) is 4.84. The Labute approximate surface area is 186 Å². The van der Waals surface area contributed by atoms with Crippen LogP contribution < -0.4 is 10.2 Å². The summed E-state index contributed by atoms with van der Waals surface area (Å²) < 4.78 is 35.0. The second-order valence-corrected chi connectivity index (χ2v) is 8.33. The number of hydrogen-bond acceptors (Lipinski definition) is 5. The van der Waals surface area contributed by atoms with Crippen LogP contribution in [-0.2, 0) is 11.2 Å². The van der Waals surface area contributed by atoms with Gasteiger partial charge in [-0.15, -0.1) is 11.3 Å². The van der Waals surface area contributed by atoms with E-state index in [0.29, 0.717) is 16.1 Å². The number of carbonyl (C=O) groups is 2. The van der Waals surface area contributed by atoms with E-state index in [1.165, 1.54) is 30.2 Å². The molecule has 3 heterocycles. The SMILES string of the molecule is COC(=O)c1cc(-c2ccc(C3CNC(=O)N3c3ccc4c(c3)N=CC4)c(F)c2F)cs1. The first-order chi connectivity index (χ1) is 15.5. The van der Waals surface area contributed by atoms with Crippen LogP contribution in [0.15, 0.2) is 46.8 Å². The lowest BCUT2D eigenvalue weighted by atomic mass is 9.99. The molecule has 0 saturated carbocycles. The Morgan fingerprint density at radius 3 is 2.88 bits per heavy atom. The van der Waals surface area contributed by atoms with Crippen LogP contribution in [0.1, 0.15) is 26.8 Å². The monoisotopic (exact) mass is 453 g/mol. The number of esters is 1. The van der Waals surface area contributed by atoms with E-state index in [1.807, 2.05) is 6.07 Å². The summed E-state index contributed by atoms with van der Waals surface area (Å²) in [5, 5.41) is 4.28. The van der Waals surface area contributed by atoms with Gasteiger partial charge in [-0.05, 0) is 34.7 Å². The van der Waals surface area contributed by atoms with Crippen LogP contribution in [0.25, 0.3) is 11.1 Å². The molecule has 0 radical (unpaired) electrons. The van der Waals surface area contributed by atoms with E-state index >= 15 is 8.78 Å². The van der Waals surface area contributed by atoms with Gasteiger partial charge in [-0.25, -0.2) is 18.4 Å². The molecule has 3 aromatic rings. The van der Waals surface area contributed by atoms with Crippen LogP contribution in [0.2, 0.25) is 0 Å². The van der Waals surface area contributed by atoms with Crippen molar-refractivity contribution in [2.75, 3.05) is 18.6 Å². The molecule has 1 fully saturated rings. The predicted molar refractivity (Wildman–Crippen MR) is 118 cm³/mol. The molecule has 1 saturated heterocycles. The topological polar surface area (TPSA) is 71.0 Å². The van der Waals surface area contributed by atoms with Crippen molar-refractivity contribution in [1.82, 2.24) is 5.32 Å². The van der Waals surface area contributed by atoms with Crippen LogP contribution in [0, 0.1) is 11.6 Å². The number of aliphatic imine (C=N–C) groups is 1. The van der Waals surface area contributed by atoms with Gasteiger partial charge in [-0.1, -0.05) is 18.2 Å². The van der Waals surface area contributed by atoms with Crippen LogP contribution in [0.5, 0.6) is 0 Å². The van der Waals surface area contributed by atoms with E-state index < -0.39 is 23.6 Å². The third-order valence-electron chi connectivity index (χ3n) is 5.63. The quantitative estimate of drug-likeness (QED) is 0.565. The van der Waals surface area contributed by atoms with Crippen molar-refractivity contribution >= 4 is 40.9 Å². The van der Waals surface area contributed by atoms with E-state index in [4.69, 9.17) is 0 Å². The maximum atomic E-state index is 15.2. The fraction of sp³-hybridized carbons (Fsp3) is 0.174. The summed E-state index contributed by atoms with van der Waals surface area (Å²) >= 11 is 1.09. The number of rotatable bonds is 4. The Morgan fingerprint density at radius 2 is 2.06 bits per heavy atom. The molecule has 0 bridgehead atoms. The maximum Gasteiger partial charge on any atom is 0.348 e. The second kappa shape index (κ2) is 7.83. The third-order valence-corrected chi connectivity index (χ3v) is 6.54. The molecular formula is C23H17F2N3O3S. The van der Waals surface area contributed by atoms with Crippen LogP contribution >= 0.6 is 11.3 Å². The molecule has 5 rings (SSSR count). The molecule has 6 nitrogen and oxygen atoms in total. The molecule has 162 valence electrons. The van der Waals surface area contributed by atoms with Crippen LogP contribution in [0.4, 0.5) is 25.0 Å². The number of hydrogen-bond donors (Lipinski definition) is 1. The number of nitrogens with zero attached hydrogens (tertiary/aromatic N) is 2. The molecule has 1 atom stereocenters. The molecular weight excluding hydrogens is 436 g/mol. The van der Waals surface area contributed by atoms with Gasteiger partial charge in [0.15, 0.2) is 11.6 Å². The van der Waals surface area contributed by atoms with Gasteiger partial charge < -0.3 is 10.1 Å². The number of urea groups is 1. The number of fused-ring (bicyclic) bond motifs is 1. The minimum Gasteiger partial charge on any atom is -0.465 e. The maximum absolute atomic E-state index is 15.2. The Balaban J connectivity index is 1.51. The molecule has 2 aliphatic heterocycles. The van der Waals surface area contributed by atoms with E-state index in [2.05, 4.69) is 15.0 Å². The van der Waals surface area contributed by atoms with Crippen LogP contribution in [0.3, 0.4) is 0 Å². The third kappa shape index (κ3) is 3.25. The Kier molecular flexibility index (Phi) is 4.97. The summed E-state index contributed by atoms with van der Waals surface area (Å²) in [6.07, 6.45) is 2.52. The number of anilines is 1. The first-order valence-corrected chi connectivity index (χ1v) is 10.7. The fourth-order valence-electron chi connectivity index (χ4n) is 4.02. The van der Waals surface area contributed by atoms with Gasteiger partial charge in [0.05, 0.1) is 18.8 Å². The molecule has 32 heavy (non-hydrogen) atoms. The lowest BCUT2D eigenvalue weighted by Gasteiger charge is -2.24. The molecule has 2 aliphatic rings. The van der Waals surface area contributed by atoms with Gasteiger partial charge in [0.25, 0.3) is 0 Å². The van der Waals surface area contributed by atoms with Crippen molar-refractivity contribution < 1.29 is 23.1 Å². The van der Waals surface area contributed by atoms with Crippen molar-refractivity contribution in [3.05, 3.63) is 69.4 Å². The van der Waals surface area contributed by atoms with Gasteiger partial charge >= 0.3 is 12.0 Å². The number of benzene rings is 2. The minimum atomic E-state index is -1.03. The summed E-state index contributed by atoms with van der Waals surface area (Å²) in [4.78, 5) is 30.3. The largest absolute Gasteiger partial charge is 0.465 e. The Hall–Kier alpha value is -3.59. The first kappa shape index (κ1) is 20.3. The molecule has 0 spiro atoms. The average Bonchev–Trinajstić information content (AvgIpc) is 3.54. The number of amides is 2. The zero-order chi connectivity index (χ0) is 22.4. The van der Waals surface area contributed by atoms with E-state index in [-0.39, 0.29) is 23.7 Å². The van der Waals surface area contributed by atoms with Gasteiger partial charge in [0, 0.05) is 36.0 Å². The summed E-state index contributed by atoms with van der Waals surface area (Å²) in [5.41, 5.74) is 2.86. The smallest absolute Gasteiger partial charge is 0.348 e. The highest BCUT2D eigenvalue weighted by Crippen LogP contribution is 2.38. The number of methoxy groups -OCH3 is 1. The van der Waals surface area contributed by atoms with E-state index in [0.717, 1.165) is 29.0 Å². The summed E-state index contributed by atoms with van der Waals surface area (Å²) in [6, 6.07) is 8.75.